The van der Waals surface area contributed by atoms with Crippen LogP contribution in [-0.4, -0.2) is 72.3 Å². The molecule has 1 heterocycles. The van der Waals surface area contributed by atoms with E-state index < -0.39 is 11.9 Å². The summed E-state index contributed by atoms with van der Waals surface area (Å²) in [6.45, 7) is 4.04. The fraction of sp³-hybridized carbons (Fsp3) is 0.286. The molecule has 28 heavy (non-hydrogen) atoms. The minimum atomic E-state index is -1.16. The van der Waals surface area contributed by atoms with E-state index in [9.17, 15) is 19.5 Å². The van der Waals surface area contributed by atoms with Crippen LogP contribution >= 0.6 is 0 Å². The standard InChI is InChI=1S/C21H23N3O4/c1-23-10-12-24(13-11-23)14-19(25)15-6-8-16(9-7-15)22-20(26)17-4-2-3-5-18(17)21(27)28/h2-9H,10-14H2,1H3,(H,22,26)(H,27,28). The molecule has 0 saturated carbocycles. The minimum absolute atomic E-state index is 0.0404. The number of aromatic carboxylic acids is 1. The van der Waals surface area contributed by atoms with Crippen LogP contribution in [0.3, 0.4) is 0 Å². The fourth-order valence-corrected chi connectivity index (χ4v) is 3.11. The first kappa shape index (κ1) is 19.7. The third-order valence-corrected chi connectivity index (χ3v) is 4.83. The molecule has 0 aromatic heterocycles. The first-order valence-electron chi connectivity index (χ1n) is 9.12. The van der Waals surface area contributed by atoms with Gasteiger partial charge in [-0.3, -0.25) is 14.5 Å². The molecule has 1 saturated heterocycles. The zero-order valence-corrected chi connectivity index (χ0v) is 15.7. The summed E-state index contributed by atoms with van der Waals surface area (Å²) in [5.41, 5.74) is 1.12. The summed E-state index contributed by atoms with van der Waals surface area (Å²) in [7, 11) is 2.07. The van der Waals surface area contributed by atoms with Gasteiger partial charge >= 0.3 is 5.97 Å². The summed E-state index contributed by atoms with van der Waals surface area (Å²) in [5, 5.41) is 11.9. The number of carbonyl (C=O) groups is 3. The summed E-state index contributed by atoms with van der Waals surface area (Å²) in [6, 6.07) is 12.7. The number of nitrogens with zero attached hydrogens (tertiary/aromatic N) is 2. The highest BCUT2D eigenvalue weighted by atomic mass is 16.4. The van der Waals surface area contributed by atoms with Crippen molar-refractivity contribution < 1.29 is 19.5 Å². The number of carbonyl (C=O) groups excluding carboxylic acids is 2. The lowest BCUT2D eigenvalue weighted by Crippen LogP contribution is -2.46. The molecule has 1 fully saturated rings. The van der Waals surface area contributed by atoms with Crippen LogP contribution in [0.4, 0.5) is 5.69 Å². The maximum atomic E-state index is 12.5. The highest BCUT2D eigenvalue weighted by molar-refractivity contribution is 6.10. The summed E-state index contributed by atoms with van der Waals surface area (Å²) < 4.78 is 0. The van der Waals surface area contributed by atoms with Gasteiger partial charge in [-0.1, -0.05) is 12.1 Å². The zero-order valence-electron chi connectivity index (χ0n) is 15.7. The largest absolute Gasteiger partial charge is 0.478 e. The molecular formula is C21H23N3O4. The normalized spacial score (nSPS) is 15.2. The van der Waals surface area contributed by atoms with Crippen LogP contribution in [0.25, 0.3) is 0 Å². The number of nitrogens with one attached hydrogen (secondary N) is 1. The molecule has 2 N–H and O–H groups in total. The molecule has 0 unspecified atom stereocenters. The molecule has 2 aromatic rings. The van der Waals surface area contributed by atoms with E-state index in [1.165, 1.54) is 12.1 Å². The Hall–Kier alpha value is -3.03. The molecule has 1 aliphatic heterocycles. The summed E-state index contributed by atoms with van der Waals surface area (Å²) in [5.74, 6) is -1.62. The van der Waals surface area contributed by atoms with E-state index in [0.29, 0.717) is 17.8 Å². The van der Waals surface area contributed by atoms with Crippen molar-refractivity contribution in [3.8, 4) is 0 Å². The molecule has 7 heteroatoms. The van der Waals surface area contributed by atoms with Gasteiger partial charge in [0, 0.05) is 37.4 Å². The van der Waals surface area contributed by atoms with Gasteiger partial charge < -0.3 is 15.3 Å². The second-order valence-electron chi connectivity index (χ2n) is 6.88. The average molecular weight is 381 g/mol. The van der Waals surface area contributed by atoms with Crippen molar-refractivity contribution >= 4 is 23.3 Å². The number of Topliss-reactive ketones (excluding diaryl/α,β-unsaturated/α-hetero) is 1. The lowest BCUT2D eigenvalue weighted by atomic mass is 10.1. The van der Waals surface area contributed by atoms with E-state index in [0.717, 1.165) is 26.2 Å². The quantitative estimate of drug-likeness (QED) is 0.745. The van der Waals surface area contributed by atoms with Gasteiger partial charge in [0.25, 0.3) is 5.91 Å². The lowest BCUT2D eigenvalue weighted by Gasteiger charge is -2.31. The Morgan fingerprint density at radius 3 is 2.14 bits per heavy atom. The fourth-order valence-electron chi connectivity index (χ4n) is 3.11. The van der Waals surface area contributed by atoms with E-state index in [4.69, 9.17) is 0 Å². The number of carboxylic acids is 1. The Morgan fingerprint density at radius 2 is 1.54 bits per heavy atom. The van der Waals surface area contributed by atoms with E-state index in [2.05, 4.69) is 22.2 Å². The maximum absolute atomic E-state index is 12.5. The van der Waals surface area contributed by atoms with E-state index in [1.807, 2.05) is 0 Å². The molecule has 0 radical (unpaired) electrons. The van der Waals surface area contributed by atoms with Crippen molar-refractivity contribution in [1.82, 2.24) is 9.80 Å². The predicted molar refractivity (Wildman–Crippen MR) is 106 cm³/mol. The van der Waals surface area contributed by atoms with Crippen molar-refractivity contribution in [2.24, 2.45) is 0 Å². The average Bonchev–Trinajstić information content (AvgIpc) is 2.70. The third kappa shape index (κ3) is 4.82. The molecule has 7 nitrogen and oxygen atoms in total. The summed E-state index contributed by atoms with van der Waals surface area (Å²) in [4.78, 5) is 40.5. The van der Waals surface area contributed by atoms with Crippen LogP contribution in [0.2, 0.25) is 0 Å². The van der Waals surface area contributed by atoms with Crippen LogP contribution in [0.5, 0.6) is 0 Å². The number of hydrogen-bond acceptors (Lipinski definition) is 5. The predicted octanol–water partition coefficient (Wildman–Crippen LogP) is 2.07. The molecule has 0 aliphatic carbocycles. The van der Waals surface area contributed by atoms with E-state index >= 15 is 0 Å². The SMILES string of the molecule is CN1CCN(CC(=O)c2ccc(NC(=O)c3ccccc3C(=O)O)cc2)CC1. The van der Waals surface area contributed by atoms with Crippen molar-refractivity contribution in [3.05, 3.63) is 65.2 Å². The molecule has 3 rings (SSSR count). The van der Waals surface area contributed by atoms with Gasteiger partial charge in [0.05, 0.1) is 17.7 Å². The van der Waals surface area contributed by atoms with Gasteiger partial charge in [0.1, 0.15) is 0 Å². The minimum Gasteiger partial charge on any atom is -0.478 e. The van der Waals surface area contributed by atoms with E-state index in [-0.39, 0.29) is 16.9 Å². The molecule has 2 aromatic carbocycles. The topological polar surface area (TPSA) is 90.0 Å². The van der Waals surface area contributed by atoms with Gasteiger partial charge in [0.2, 0.25) is 0 Å². The van der Waals surface area contributed by atoms with Gasteiger partial charge in [-0.15, -0.1) is 0 Å². The van der Waals surface area contributed by atoms with Gasteiger partial charge in [-0.2, -0.15) is 0 Å². The van der Waals surface area contributed by atoms with Crippen LogP contribution in [-0.2, 0) is 0 Å². The van der Waals surface area contributed by atoms with Gasteiger partial charge in [-0.25, -0.2) is 4.79 Å². The van der Waals surface area contributed by atoms with Gasteiger partial charge in [-0.05, 0) is 43.4 Å². The number of hydrogen-bond donors (Lipinski definition) is 2. The van der Waals surface area contributed by atoms with Crippen molar-refractivity contribution in [2.75, 3.05) is 45.1 Å². The first-order valence-corrected chi connectivity index (χ1v) is 9.12. The number of amides is 1. The van der Waals surface area contributed by atoms with E-state index in [1.54, 1.807) is 36.4 Å². The monoisotopic (exact) mass is 381 g/mol. The molecule has 1 amide bonds. The number of anilines is 1. The van der Waals surface area contributed by atoms with Crippen LogP contribution in [0, 0.1) is 0 Å². The Kier molecular flexibility index (Phi) is 6.18. The van der Waals surface area contributed by atoms with Gasteiger partial charge in [0.15, 0.2) is 5.78 Å². The Bertz CT molecular complexity index is 871. The van der Waals surface area contributed by atoms with Crippen molar-refractivity contribution in [2.45, 2.75) is 0 Å². The number of rotatable bonds is 6. The highest BCUT2D eigenvalue weighted by Crippen LogP contribution is 2.15. The molecule has 1 aliphatic rings. The summed E-state index contributed by atoms with van der Waals surface area (Å²) >= 11 is 0. The molecular weight excluding hydrogens is 358 g/mol. The number of piperazine rings is 1. The lowest BCUT2D eigenvalue weighted by molar-refractivity contribution is 0.0692. The molecule has 0 bridgehead atoms. The number of benzene rings is 2. The smallest absolute Gasteiger partial charge is 0.336 e. The van der Waals surface area contributed by atoms with Crippen LogP contribution in [0.15, 0.2) is 48.5 Å². The van der Waals surface area contributed by atoms with Crippen molar-refractivity contribution in [1.29, 1.82) is 0 Å². The molecule has 0 atom stereocenters. The Balaban J connectivity index is 1.62. The molecule has 146 valence electrons. The number of ketones is 1. The summed E-state index contributed by atoms with van der Waals surface area (Å²) in [6.07, 6.45) is 0. The number of carboxylic acid groups (broad SMARTS) is 1. The Labute approximate surface area is 163 Å². The second kappa shape index (κ2) is 8.77. The zero-order chi connectivity index (χ0) is 20.1. The van der Waals surface area contributed by atoms with Crippen LogP contribution < -0.4 is 5.32 Å². The van der Waals surface area contributed by atoms with Crippen molar-refractivity contribution in [3.63, 3.8) is 0 Å². The van der Waals surface area contributed by atoms with Crippen LogP contribution in [0.1, 0.15) is 31.1 Å². The third-order valence-electron chi connectivity index (χ3n) is 4.83. The molecule has 0 spiro atoms. The Morgan fingerprint density at radius 1 is 0.929 bits per heavy atom. The maximum Gasteiger partial charge on any atom is 0.336 e. The second-order valence-corrected chi connectivity index (χ2v) is 6.88. The highest BCUT2D eigenvalue weighted by Gasteiger charge is 2.18. The number of likely N-dealkylation sites (N-methyl/N-ethyl adjacent to an activating group) is 1. The first-order chi connectivity index (χ1) is 13.4.